The van der Waals surface area contributed by atoms with Gasteiger partial charge in [-0.1, -0.05) is 45.0 Å². The van der Waals surface area contributed by atoms with E-state index >= 15 is 0 Å². The van der Waals surface area contributed by atoms with Crippen molar-refractivity contribution in [2.24, 2.45) is 0 Å². The SMILES string of the molecule is Cc1ccc(C)c(NC(=O)CCC(=O)NNC(=O)COc2ccc(C(C)(C)C)cc2)c1. The highest BCUT2D eigenvalue weighted by Crippen LogP contribution is 2.24. The number of anilines is 1. The Bertz CT molecular complexity index is 931. The van der Waals surface area contributed by atoms with Crippen LogP contribution in [0.15, 0.2) is 42.5 Å². The molecule has 7 heteroatoms. The van der Waals surface area contributed by atoms with Crippen molar-refractivity contribution in [1.29, 1.82) is 0 Å². The highest BCUT2D eigenvalue weighted by atomic mass is 16.5. The Hall–Kier alpha value is -3.35. The minimum Gasteiger partial charge on any atom is -0.484 e. The van der Waals surface area contributed by atoms with E-state index in [1.54, 1.807) is 12.1 Å². The molecule has 7 nitrogen and oxygen atoms in total. The van der Waals surface area contributed by atoms with E-state index in [0.29, 0.717) is 5.75 Å². The second-order valence-electron chi connectivity index (χ2n) is 8.53. The van der Waals surface area contributed by atoms with Crippen molar-refractivity contribution in [3.05, 3.63) is 59.2 Å². The first-order valence-corrected chi connectivity index (χ1v) is 10.2. The van der Waals surface area contributed by atoms with Crippen LogP contribution in [0.5, 0.6) is 5.75 Å². The van der Waals surface area contributed by atoms with Crippen molar-refractivity contribution in [1.82, 2.24) is 10.9 Å². The van der Waals surface area contributed by atoms with Crippen molar-refractivity contribution >= 4 is 23.4 Å². The van der Waals surface area contributed by atoms with E-state index < -0.39 is 11.8 Å². The highest BCUT2D eigenvalue weighted by Gasteiger charge is 2.13. The van der Waals surface area contributed by atoms with Crippen LogP contribution in [-0.2, 0) is 19.8 Å². The van der Waals surface area contributed by atoms with E-state index in [1.165, 1.54) is 0 Å². The zero-order valence-corrected chi connectivity index (χ0v) is 18.8. The third-order valence-corrected chi connectivity index (χ3v) is 4.68. The Labute approximate surface area is 183 Å². The minimum atomic E-state index is -0.493. The molecule has 166 valence electrons. The maximum atomic E-state index is 12.1. The lowest BCUT2D eigenvalue weighted by Crippen LogP contribution is -2.44. The first-order valence-electron chi connectivity index (χ1n) is 10.2. The number of carbonyl (C=O) groups is 3. The van der Waals surface area contributed by atoms with Crippen LogP contribution in [-0.4, -0.2) is 24.3 Å². The van der Waals surface area contributed by atoms with E-state index in [4.69, 9.17) is 4.74 Å². The largest absolute Gasteiger partial charge is 0.484 e. The van der Waals surface area contributed by atoms with Crippen molar-refractivity contribution in [2.45, 2.75) is 52.9 Å². The van der Waals surface area contributed by atoms with Crippen molar-refractivity contribution in [3.63, 3.8) is 0 Å². The molecule has 0 aliphatic heterocycles. The van der Waals surface area contributed by atoms with Gasteiger partial charge in [-0.3, -0.25) is 25.2 Å². The van der Waals surface area contributed by atoms with Gasteiger partial charge in [0, 0.05) is 18.5 Å². The fourth-order valence-corrected chi connectivity index (χ4v) is 2.75. The molecule has 0 atom stereocenters. The number of aryl methyl sites for hydroxylation is 2. The normalized spacial score (nSPS) is 10.9. The molecule has 0 aliphatic rings. The topological polar surface area (TPSA) is 96.5 Å². The number of amides is 3. The number of nitrogens with one attached hydrogen (secondary N) is 3. The summed E-state index contributed by atoms with van der Waals surface area (Å²) in [6, 6.07) is 13.3. The van der Waals surface area contributed by atoms with Gasteiger partial charge in [-0.25, -0.2) is 0 Å². The first-order chi connectivity index (χ1) is 14.5. The molecule has 0 spiro atoms. The van der Waals surface area contributed by atoms with Crippen LogP contribution in [0.1, 0.15) is 50.3 Å². The molecule has 0 unspecified atom stereocenters. The van der Waals surface area contributed by atoms with Gasteiger partial charge in [0.15, 0.2) is 6.61 Å². The Morgan fingerprint density at radius 2 is 1.45 bits per heavy atom. The van der Waals surface area contributed by atoms with Crippen LogP contribution >= 0.6 is 0 Å². The van der Waals surface area contributed by atoms with Crippen LogP contribution in [0, 0.1) is 13.8 Å². The summed E-state index contributed by atoms with van der Waals surface area (Å²) in [6.07, 6.45) is -0.0438. The van der Waals surface area contributed by atoms with Gasteiger partial charge in [-0.15, -0.1) is 0 Å². The fourth-order valence-electron chi connectivity index (χ4n) is 2.75. The number of hydrazine groups is 1. The maximum absolute atomic E-state index is 12.1. The maximum Gasteiger partial charge on any atom is 0.276 e. The summed E-state index contributed by atoms with van der Waals surface area (Å²) in [5.74, 6) is -0.651. The monoisotopic (exact) mass is 425 g/mol. The number of hydrogen-bond donors (Lipinski definition) is 3. The number of ether oxygens (including phenoxy) is 1. The van der Waals surface area contributed by atoms with E-state index in [2.05, 4.69) is 36.9 Å². The molecule has 3 N–H and O–H groups in total. The molecule has 0 saturated carbocycles. The van der Waals surface area contributed by atoms with Gasteiger partial charge in [0.2, 0.25) is 11.8 Å². The second-order valence-corrected chi connectivity index (χ2v) is 8.53. The van der Waals surface area contributed by atoms with Crippen LogP contribution in [0.3, 0.4) is 0 Å². The average Bonchev–Trinajstić information content (AvgIpc) is 2.71. The summed E-state index contributed by atoms with van der Waals surface area (Å²) < 4.78 is 5.43. The summed E-state index contributed by atoms with van der Waals surface area (Å²) in [5.41, 5.74) is 8.49. The summed E-state index contributed by atoms with van der Waals surface area (Å²) in [7, 11) is 0. The smallest absolute Gasteiger partial charge is 0.276 e. The van der Waals surface area contributed by atoms with Crippen molar-refractivity contribution < 1.29 is 19.1 Å². The van der Waals surface area contributed by atoms with Gasteiger partial charge < -0.3 is 10.1 Å². The Kier molecular flexibility index (Phi) is 8.19. The molecule has 0 aromatic heterocycles. The third kappa shape index (κ3) is 8.12. The molecule has 2 rings (SSSR count). The Morgan fingerprint density at radius 1 is 0.839 bits per heavy atom. The molecule has 0 saturated heterocycles. The van der Waals surface area contributed by atoms with E-state index in [-0.39, 0.29) is 30.8 Å². The van der Waals surface area contributed by atoms with Crippen molar-refractivity contribution in [2.75, 3.05) is 11.9 Å². The molecular weight excluding hydrogens is 394 g/mol. The van der Waals surface area contributed by atoms with E-state index in [1.807, 2.05) is 44.2 Å². The highest BCUT2D eigenvalue weighted by molar-refractivity contribution is 5.94. The predicted molar refractivity (Wildman–Crippen MR) is 121 cm³/mol. The molecule has 2 aromatic carbocycles. The van der Waals surface area contributed by atoms with Crippen LogP contribution < -0.4 is 20.9 Å². The molecule has 0 radical (unpaired) electrons. The average molecular weight is 426 g/mol. The standard InChI is InChI=1S/C24H31N3O4/c1-16-6-7-17(2)20(14-16)25-21(28)12-13-22(29)26-27-23(30)15-31-19-10-8-18(9-11-19)24(3,4)5/h6-11,14H,12-13,15H2,1-5H3,(H,25,28)(H,26,29)(H,27,30). The lowest BCUT2D eigenvalue weighted by atomic mass is 9.87. The van der Waals surface area contributed by atoms with Crippen LogP contribution in [0.2, 0.25) is 0 Å². The van der Waals surface area contributed by atoms with Crippen molar-refractivity contribution in [3.8, 4) is 5.75 Å². The number of rotatable bonds is 7. The van der Waals surface area contributed by atoms with Gasteiger partial charge >= 0.3 is 0 Å². The fraction of sp³-hybridized carbons (Fsp3) is 0.375. The molecular formula is C24H31N3O4. The summed E-state index contributed by atoms with van der Waals surface area (Å²) in [4.78, 5) is 35.8. The molecule has 0 bridgehead atoms. The zero-order chi connectivity index (χ0) is 23.0. The second kappa shape index (κ2) is 10.6. The third-order valence-electron chi connectivity index (χ3n) is 4.68. The van der Waals surface area contributed by atoms with Crippen LogP contribution in [0.25, 0.3) is 0 Å². The molecule has 0 aliphatic carbocycles. The quantitative estimate of drug-likeness (QED) is 0.591. The Morgan fingerprint density at radius 3 is 2.10 bits per heavy atom. The summed E-state index contributed by atoms with van der Waals surface area (Å²) in [5, 5.41) is 2.80. The molecule has 3 amide bonds. The van der Waals surface area contributed by atoms with Gasteiger partial charge in [-0.2, -0.15) is 0 Å². The zero-order valence-electron chi connectivity index (χ0n) is 18.8. The number of benzene rings is 2. The lowest BCUT2D eigenvalue weighted by Gasteiger charge is -2.19. The van der Waals surface area contributed by atoms with Gasteiger partial charge in [-0.05, 0) is 54.2 Å². The van der Waals surface area contributed by atoms with E-state index in [9.17, 15) is 14.4 Å². The number of hydrogen-bond acceptors (Lipinski definition) is 4. The first kappa shape index (κ1) is 23.9. The summed E-state index contributed by atoms with van der Waals surface area (Å²) >= 11 is 0. The van der Waals surface area contributed by atoms with Gasteiger partial charge in [0.25, 0.3) is 5.91 Å². The molecule has 31 heavy (non-hydrogen) atoms. The molecule has 0 heterocycles. The predicted octanol–water partition coefficient (Wildman–Crippen LogP) is 3.55. The minimum absolute atomic E-state index is 0.00567. The Balaban J connectivity index is 1.68. The summed E-state index contributed by atoms with van der Waals surface area (Å²) in [6.45, 7) is 9.96. The van der Waals surface area contributed by atoms with E-state index in [0.717, 1.165) is 22.4 Å². The number of carbonyl (C=O) groups excluding carboxylic acids is 3. The molecule has 0 fully saturated rings. The molecule has 2 aromatic rings. The van der Waals surface area contributed by atoms with Crippen LogP contribution in [0.4, 0.5) is 5.69 Å². The lowest BCUT2D eigenvalue weighted by molar-refractivity contribution is -0.130. The van der Waals surface area contributed by atoms with Gasteiger partial charge in [0.1, 0.15) is 5.75 Å². The van der Waals surface area contributed by atoms with Gasteiger partial charge in [0.05, 0.1) is 0 Å².